The van der Waals surface area contributed by atoms with Crippen LogP contribution >= 0.6 is 0 Å². The first-order valence-corrected chi connectivity index (χ1v) is 12.6. The number of carbonyl (C=O) groups is 1. The number of anilines is 1. The molecular weight excluding hydrogens is 440 g/mol. The lowest BCUT2D eigenvalue weighted by molar-refractivity contribution is 0.0729. The molecule has 0 N–H and O–H groups in total. The SMILES string of the molecule is Cc1ccc(S(=O)(=O)N2CCOCC2)cc1C(=O)N1CCCN(c2ccc(C#N)cc2)CC1. The number of nitriles is 1. The quantitative estimate of drug-likeness (QED) is 0.683. The largest absolute Gasteiger partial charge is 0.379 e. The van der Waals surface area contributed by atoms with E-state index in [0.29, 0.717) is 57.1 Å². The first kappa shape index (κ1) is 23.2. The maximum atomic E-state index is 13.4. The van der Waals surface area contributed by atoms with E-state index in [-0.39, 0.29) is 10.8 Å². The molecule has 2 heterocycles. The Labute approximate surface area is 195 Å². The van der Waals surface area contributed by atoms with E-state index in [2.05, 4.69) is 11.0 Å². The molecule has 0 unspecified atom stereocenters. The van der Waals surface area contributed by atoms with Gasteiger partial charge in [-0.15, -0.1) is 0 Å². The fraction of sp³-hybridized carbons (Fsp3) is 0.417. The molecule has 1 amide bonds. The average Bonchev–Trinajstić information content (AvgIpc) is 3.11. The predicted octanol–water partition coefficient (Wildman–Crippen LogP) is 2.24. The number of aryl methyl sites for hydroxylation is 1. The normalized spacial score (nSPS) is 17.9. The van der Waals surface area contributed by atoms with E-state index in [0.717, 1.165) is 24.2 Å². The van der Waals surface area contributed by atoms with Crippen LogP contribution in [0.1, 0.15) is 27.9 Å². The molecule has 0 spiro atoms. The molecule has 2 aliphatic heterocycles. The Morgan fingerprint density at radius 2 is 1.70 bits per heavy atom. The fourth-order valence-corrected chi connectivity index (χ4v) is 5.66. The van der Waals surface area contributed by atoms with E-state index in [9.17, 15) is 13.2 Å². The Hall–Kier alpha value is -2.93. The molecular formula is C24H28N4O4S. The molecule has 174 valence electrons. The van der Waals surface area contributed by atoms with E-state index < -0.39 is 10.0 Å². The van der Waals surface area contributed by atoms with Crippen molar-refractivity contribution in [1.82, 2.24) is 9.21 Å². The van der Waals surface area contributed by atoms with Crippen molar-refractivity contribution in [3.8, 4) is 6.07 Å². The van der Waals surface area contributed by atoms with E-state index in [1.54, 1.807) is 29.2 Å². The van der Waals surface area contributed by atoms with Gasteiger partial charge >= 0.3 is 0 Å². The molecule has 0 atom stereocenters. The minimum absolute atomic E-state index is 0.145. The van der Waals surface area contributed by atoms with Crippen molar-refractivity contribution < 1.29 is 17.9 Å². The third-order valence-corrected chi connectivity index (χ3v) is 8.09. The Bertz CT molecular complexity index is 1150. The predicted molar refractivity (Wildman–Crippen MR) is 125 cm³/mol. The highest BCUT2D eigenvalue weighted by Gasteiger charge is 2.28. The summed E-state index contributed by atoms with van der Waals surface area (Å²) in [6.07, 6.45) is 0.802. The molecule has 0 saturated carbocycles. The van der Waals surface area contributed by atoms with Crippen LogP contribution in [0.4, 0.5) is 5.69 Å². The maximum absolute atomic E-state index is 13.4. The number of rotatable bonds is 4. The average molecular weight is 469 g/mol. The number of carbonyl (C=O) groups excluding carboxylic acids is 1. The third-order valence-electron chi connectivity index (χ3n) is 6.19. The van der Waals surface area contributed by atoms with E-state index in [4.69, 9.17) is 10.00 Å². The van der Waals surface area contributed by atoms with Gasteiger partial charge in [0.15, 0.2) is 0 Å². The molecule has 0 aromatic heterocycles. The summed E-state index contributed by atoms with van der Waals surface area (Å²) in [6.45, 7) is 5.83. The molecule has 2 saturated heterocycles. The molecule has 0 aliphatic carbocycles. The monoisotopic (exact) mass is 468 g/mol. The van der Waals surface area contributed by atoms with Gasteiger partial charge in [0.2, 0.25) is 10.0 Å². The molecule has 0 bridgehead atoms. The van der Waals surface area contributed by atoms with Crippen molar-refractivity contribution in [2.45, 2.75) is 18.2 Å². The van der Waals surface area contributed by atoms with Crippen LogP contribution in [0.2, 0.25) is 0 Å². The van der Waals surface area contributed by atoms with Gasteiger partial charge in [0.05, 0.1) is 29.7 Å². The number of hydrogen-bond acceptors (Lipinski definition) is 6. The van der Waals surface area contributed by atoms with Crippen LogP contribution in [0.15, 0.2) is 47.4 Å². The zero-order valence-electron chi connectivity index (χ0n) is 18.7. The van der Waals surface area contributed by atoms with Crippen molar-refractivity contribution in [2.24, 2.45) is 0 Å². The molecule has 2 fully saturated rings. The van der Waals surface area contributed by atoms with Gasteiger partial charge in [-0.25, -0.2) is 8.42 Å². The smallest absolute Gasteiger partial charge is 0.254 e. The van der Waals surface area contributed by atoms with Crippen LogP contribution in [0.5, 0.6) is 0 Å². The second-order valence-electron chi connectivity index (χ2n) is 8.28. The molecule has 2 aromatic rings. The van der Waals surface area contributed by atoms with Gasteiger partial charge in [0.1, 0.15) is 0 Å². The number of sulfonamides is 1. The van der Waals surface area contributed by atoms with Crippen LogP contribution in [0.25, 0.3) is 0 Å². The van der Waals surface area contributed by atoms with Gasteiger partial charge in [0.25, 0.3) is 5.91 Å². The van der Waals surface area contributed by atoms with Crippen LogP contribution in [-0.4, -0.2) is 76.0 Å². The van der Waals surface area contributed by atoms with Crippen molar-refractivity contribution in [3.63, 3.8) is 0 Å². The minimum atomic E-state index is -3.67. The summed E-state index contributed by atoms with van der Waals surface area (Å²) in [5, 5.41) is 9.00. The lowest BCUT2D eigenvalue weighted by atomic mass is 10.1. The summed E-state index contributed by atoms with van der Waals surface area (Å²) in [4.78, 5) is 17.6. The van der Waals surface area contributed by atoms with Crippen LogP contribution in [0, 0.1) is 18.3 Å². The number of morpholine rings is 1. The molecule has 4 rings (SSSR count). The van der Waals surface area contributed by atoms with Crippen molar-refractivity contribution in [3.05, 3.63) is 59.2 Å². The summed E-state index contributed by atoms with van der Waals surface area (Å²) in [5.41, 5.74) is 2.83. The molecule has 2 aliphatic rings. The van der Waals surface area contributed by atoms with Crippen LogP contribution < -0.4 is 4.90 Å². The standard InChI is InChI=1S/C24H28N4O4S/c1-19-3-8-22(33(30,31)28-13-15-32-16-14-28)17-23(19)24(29)27-10-2-9-26(11-12-27)21-6-4-20(18-25)5-7-21/h3-8,17H,2,9-16H2,1H3. The molecule has 9 heteroatoms. The van der Waals surface area contributed by atoms with Gasteiger partial charge in [-0.2, -0.15) is 9.57 Å². The first-order chi connectivity index (χ1) is 15.9. The van der Waals surface area contributed by atoms with E-state index in [1.165, 1.54) is 10.4 Å². The van der Waals surface area contributed by atoms with Gasteiger partial charge < -0.3 is 14.5 Å². The number of hydrogen-bond donors (Lipinski definition) is 0. The highest BCUT2D eigenvalue weighted by Crippen LogP contribution is 2.23. The number of nitrogens with zero attached hydrogens (tertiary/aromatic N) is 4. The lowest BCUT2D eigenvalue weighted by Gasteiger charge is -2.27. The van der Waals surface area contributed by atoms with E-state index >= 15 is 0 Å². The zero-order valence-corrected chi connectivity index (χ0v) is 19.6. The minimum Gasteiger partial charge on any atom is -0.379 e. The fourth-order valence-electron chi connectivity index (χ4n) is 4.22. The topological polar surface area (TPSA) is 93.9 Å². The van der Waals surface area contributed by atoms with E-state index in [1.807, 2.05) is 19.1 Å². The summed E-state index contributed by atoms with van der Waals surface area (Å²) < 4.78 is 32.8. The van der Waals surface area contributed by atoms with Gasteiger partial charge in [-0.05, 0) is 55.3 Å². The highest BCUT2D eigenvalue weighted by atomic mass is 32.2. The van der Waals surface area contributed by atoms with Gasteiger partial charge in [0, 0.05) is 50.5 Å². The lowest BCUT2D eigenvalue weighted by Crippen LogP contribution is -2.40. The molecule has 2 aromatic carbocycles. The summed E-state index contributed by atoms with van der Waals surface area (Å²) in [6, 6.07) is 14.4. The molecule has 8 nitrogen and oxygen atoms in total. The second kappa shape index (κ2) is 9.91. The summed E-state index contributed by atoms with van der Waals surface area (Å²) in [7, 11) is -3.67. The van der Waals surface area contributed by atoms with Crippen LogP contribution in [-0.2, 0) is 14.8 Å². The Morgan fingerprint density at radius 1 is 0.970 bits per heavy atom. The molecule has 0 radical (unpaired) electrons. The zero-order chi connectivity index (χ0) is 23.4. The number of benzene rings is 2. The van der Waals surface area contributed by atoms with Gasteiger partial charge in [-0.1, -0.05) is 6.07 Å². The number of amides is 1. The molecule has 33 heavy (non-hydrogen) atoms. The Balaban J connectivity index is 1.50. The second-order valence-corrected chi connectivity index (χ2v) is 10.2. The van der Waals surface area contributed by atoms with Crippen LogP contribution in [0.3, 0.4) is 0 Å². The van der Waals surface area contributed by atoms with Crippen molar-refractivity contribution >= 4 is 21.6 Å². The van der Waals surface area contributed by atoms with Gasteiger partial charge in [-0.3, -0.25) is 4.79 Å². The number of ether oxygens (including phenoxy) is 1. The van der Waals surface area contributed by atoms with Crippen molar-refractivity contribution in [2.75, 3.05) is 57.4 Å². The first-order valence-electron chi connectivity index (χ1n) is 11.1. The van der Waals surface area contributed by atoms with Crippen molar-refractivity contribution in [1.29, 1.82) is 5.26 Å². The summed E-state index contributed by atoms with van der Waals surface area (Å²) >= 11 is 0. The third kappa shape index (κ3) is 5.03. The Morgan fingerprint density at radius 3 is 2.39 bits per heavy atom. The maximum Gasteiger partial charge on any atom is 0.254 e. The summed E-state index contributed by atoms with van der Waals surface area (Å²) in [5.74, 6) is -0.145. The Kier molecular flexibility index (Phi) is 6.98. The highest BCUT2D eigenvalue weighted by molar-refractivity contribution is 7.89.